The van der Waals surface area contributed by atoms with Crippen LogP contribution < -0.4 is 16.0 Å². The molecule has 196 valence electrons. The lowest BCUT2D eigenvalue weighted by atomic mass is 10.0. The molecule has 0 aliphatic carbocycles. The van der Waals surface area contributed by atoms with Gasteiger partial charge in [0.15, 0.2) is 6.10 Å². The highest BCUT2D eigenvalue weighted by molar-refractivity contribution is 5.88. The fourth-order valence-corrected chi connectivity index (χ4v) is 3.76. The minimum Gasteiger partial charge on any atom is -0.480 e. The second-order valence-electron chi connectivity index (χ2n) is 8.45. The van der Waals surface area contributed by atoms with Crippen LogP contribution in [0, 0.1) is 0 Å². The van der Waals surface area contributed by atoms with E-state index in [1.54, 1.807) is 14.0 Å². The van der Waals surface area contributed by atoms with Crippen molar-refractivity contribution < 1.29 is 29.0 Å². The van der Waals surface area contributed by atoms with Crippen LogP contribution in [-0.4, -0.2) is 78.3 Å². The highest BCUT2D eigenvalue weighted by Gasteiger charge is 2.30. The van der Waals surface area contributed by atoms with E-state index in [-0.39, 0.29) is 13.1 Å². The fraction of sp³-hybridized carbons (Fsp3) is 0.308. The van der Waals surface area contributed by atoms with E-state index < -0.39 is 42.8 Å². The molecular formula is C26H31N5O6. The summed E-state index contributed by atoms with van der Waals surface area (Å²) in [5, 5.41) is 17.2. The second-order valence-corrected chi connectivity index (χ2v) is 8.45. The van der Waals surface area contributed by atoms with Crippen molar-refractivity contribution in [1.29, 1.82) is 0 Å². The Balaban J connectivity index is 1.66. The summed E-state index contributed by atoms with van der Waals surface area (Å²) >= 11 is 0. The number of nitrogens with zero attached hydrogens (tertiary/aromatic N) is 2. The number of rotatable bonds is 11. The Morgan fingerprint density at radius 3 is 2.22 bits per heavy atom. The van der Waals surface area contributed by atoms with E-state index in [1.807, 2.05) is 60.7 Å². The van der Waals surface area contributed by atoms with E-state index in [0.29, 0.717) is 12.1 Å². The second kappa shape index (κ2) is 13.1. The Bertz CT molecular complexity index is 1090. The van der Waals surface area contributed by atoms with Gasteiger partial charge in [-0.3, -0.25) is 19.8 Å². The van der Waals surface area contributed by atoms with E-state index in [1.165, 1.54) is 6.20 Å². The number of aliphatic carboxylic acids is 1. The van der Waals surface area contributed by atoms with Crippen LogP contribution in [0.5, 0.6) is 0 Å². The van der Waals surface area contributed by atoms with Gasteiger partial charge in [-0.15, -0.1) is 0 Å². The molecule has 1 aliphatic rings. The minimum absolute atomic E-state index is 0.180. The van der Waals surface area contributed by atoms with Gasteiger partial charge in [-0.05, 0) is 30.7 Å². The highest BCUT2D eigenvalue weighted by Crippen LogP contribution is 2.26. The minimum atomic E-state index is -1.15. The van der Waals surface area contributed by atoms with Gasteiger partial charge in [0.05, 0.1) is 0 Å². The van der Waals surface area contributed by atoms with Crippen LogP contribution in [0.1, 0.15) is 24.2 Å². The fourth-order valence-electron chi connectivity index (χ4n) is 3.76. The van der Waals surface area contributed by atoms with Crippen molar-refractivity contribution in [2.24, 2.45) is 0 Å². The molecular weight excluding hydrogens is 478 g/mol. The van der Waals surface area contributed by atoms with E-state index in [0.717, 1.165) is 20.9 Å². The number of urea groups is 1. The van der Waals surface area contributed by atoms with Gasteiger partial charge in [0.2, 0.25) is 5.91 Å². The molecule has 0 bridgehead atoms. The Morgan fingerprint density at radius 1 is 1.08 bits per heavy atom. The van der Waals surface area contributed by atoms with Gasteiger partial charge in [0.25, 0.3) is 0 Å². The number of carbonyl (C=O) groups is 4. The number of carboxylic acid groups (broad SMARTS) is 1. The molecule has 0 fully saturated rings. The summed E-state index contributed by atoms with van der Waals surface area (Å²) in [5.41, 5.74) is 2.13. The lowest BCUT2D eigenvalue weighted by Gasteiger charge is -2.32. The molecule has 4 N–H and O–H groups in total. The standard InChI is InChI=1S/C26H31N5O6/c1-18-15-31(16-21(32)30(14-13-27-2)17-22(33)34)25(35)28-24(18)29-26(36)37-23(19-9-5-3-6-10-19)20-11-7-4-8-12-20/h3-12,15,23-24,27H,13-14,16-17H2,1-2H3,(H,28,35)(H,29,36)(H,33,34). The first-order valence-electron chi connectivity index (χ1n) is 11.7. The van der Waals surface area contributed by atoms with Crippen molar-refractivity contribution in [3.05, 3.63) is 83.6 Å². The van der Waals surface area contributed by atoms with Crippen LogP contribution in [0.4, 0.5) is 9.59 Å². The van der Waals surface area contributed by atoms with Crippen molar-refractivity contribution in [2.45, 2.75) is 19.2 Å². The van der Waals surface area contributed by atoms with Gasteiger partial charge in [-0.1, -0.05) is 60.7 Å². The van der Waals surface area contributed by atoms with Gasteiger partial charge in [-0.25, -0.2) is 9.59 Å². The Labute approximate surface area is 215 Å². The summed E-state index contributed by atoms with van der Waals surface area (Å²) in [5.74, 6) is -1.66. The third-order valence-electron chi connectivity index (χ3n) is 5.65. The molecule has 37 heavy (non-hydrogen) atoms. The largest absolute Gasteiger partial charge is 0.480 e. The van der Waals surface area contributed by atoms with Crippen LogP contribution in [0.3, 0.4) is 0 Å². The van der Waals surface area contributed by atoms with Crippen LogP contribution in [0.25, 0.3) is 0 Å². The molecule has 3 rings (SSSR count). The number of likely N-dealkylation sites (N-methyl/N-ethyl adjacent to an activating group) is 1. The average Bonchev–Trinajstić information content (AvgIpc) is 2.88. The lowest BCUT2D eigenvalue weighted by Crippen LogP contribution is -2.57. The molecule has 1 aliphatic heterocycles. The Kier molecular flexibility index (Phi) is 9.61. The number of nitrogens with one attached hydrogen (secondary N) is 3. The first-order chi connectivity index (χ1) is 17.8. The van der Waals surface area contributed by atoms with Crippen molar-refractivity contribution in [3.8, 4) is 0 Å². The quantitative estimate of drug-likeness (QED) is 0.363. The normalized spacial score (nSPS) is 15.0. The van der Waals surface area contributed by atoms with Gasteiger partial charge < -0.3 is 25.4 Å². The van der Waals surface area contributed by atoms with Crippen molar-refractivity contribution >= 4 is 24.0 Å². The SMILES string of the molecule is CNCCN(CC(=O)O)C(=O)CN1C=C(C)C(NC(=O)OC(c2ccccc2)c2ccccc2)NC1=O. The van der Waals surface area contributed by atoms with Crippen molar-refractivity contribution in [1.82, 2.24) is 25.8 Å². The summed E-state index contributed by atoms with van der Waals surface area (Å²) < 4.78 is 5.74. The zero-order valence-electron chi connectivity index (χ0n) is 20.7. The Hall–Kier alpha value is -4.38. The van der Waals surface area contributed by atoms with Crippen LogP contribution in [0.2, 0.25) is 0 Å². The summed E-state index contributed by atoms with van der Waals surface area (Å²) in [4.78, 5) is 51.6. The molecule has 2 aromatic rings. The number of benzene rings is 2. The number of carbonyl (C=O) groups excluding carboxylic acids is 3. The monoisotopic (exact) mass is 509 g/mol. The van der Waals surface area contributed by atoms with E-state index in [4.69, 9.17) is 9.84 Å². The molecule has 1 atom stereocenters. The predicted octanol–water partition coefficient (Wildman–Crippen LogP) is 1.89. The van der Waals surface area contributed by atoms with Crippen LogP contribution in [-0.2, 0) is 14.3 Å². The average molecular weight is 510 g/mol. The maximum atomic E-state index is 12.8. The molecule has 11 heteroatoms. The zero-order chi connectivity index (χ0) is 26.8. The number of alkyl carbamates (subject to hydrolysis) is 1. The number of ether oxygens (including phenoxy) is 1. The number of hydrogen-bond donors (Lipinski definition) is 4. The summed E-state index contributed by atoms with van der Waals surface area (Å²) in [6.07, 6.45) is -0.791. The van der Waals surface area contributed by atoms with Gasteiger partial charge in [-0.2, -0.15) is 0 Å². The summed E-state index contributed by atoms with van der Waals surface area (Å²) in [6, 6.07) is 18.0. The third-order valence-corrected chi connectivity index (χ3v) is 5.65. The topological polar surface area (TPSA) is 140 Å². The molecule has 1 unspecified atom stereocenters. The van der Waals surface area contributed by atoms with Gasteiger partial charge >= 0.3 is 18.1 Å². The molecule has 0 radical (unpaired) electrons. The lowest BCUT2D eigenvalue weighted by molar-refractivity contribution is -0.144. The molecule has 11 nitrogen and oxygen atoms in total. The molecule has 1 heterocycles. The van der Waals surface area contributed by atoms with Gasteiger partial charge in [0, 0.05) is 19.3 Å². The Morgan fingerprint density at radius 2 is 1.68 bits per heavy atom. The summed E-state index contributed by atoms with van der Waals surface area (Å²) in [6.45, 7) is 1.45. The molecule has 0 spiro atoms. The maximum Gasteiger partial charge on any atom is 0.409 e. The maximum absolute atomic E-state index is 12.8. The molecule has 0 saturated heterocycles. The molecule has 0 saturated carbocycles. The molecule has 4 amide bonds. The van der Waals surface area contributed by atoms with Crippen molar-refractivity contribution in [2.75, 3.05) is 33.2 Å². The summed E-state index contributed by atoms with van der Waals surface area (Å²) in [7, 11) is 1.69. The number of amides is 4. The first kappa shape index (κ1) is 27.2. The van der Waals surface area contributed by atoms with E-state index >= 15 is 0 Å². The molecule has 0 aromatic heterocycles. The van der Waals surface area contributed by atoms with Crippen molar-refractivity contribution in [3.63, 3.8) is 0 Å². The third kappa shape index (κ3) is 7.80. The molecule has 2 aromatic carbocycles. The van der Waals surface area contributed by atoms with Gasteiger partial charge in [0.1, 0.15) is 19.3 Å². The van der Waals surface area contributed by atoms with Crippen LogP contribution in [0.15, 0.2) is 72.4 Å². The number of carboxylic acids is 1. The predicted molar refractivity (Wildman–Crippen MR) is 135 cm³/mol. The van der Waals surface area contributed by atoms with E-state index in [9.17, 15) is 19.2 Å². The highest BCUT2D eigenvalue weighted by atomic mass is 16.6. The van der Waals surface area contributed by atoms with Crippen LogP contribution >= 0.6 is 0 Å². The smallest absolute Gasteiger partial charge is 0.409 e. The number of hydrogen-bond acceptors (Lipinski definition) is 6. The van der Waals surface area contributed by atoms with E-state index in [2.05, 4.69) is 16.0 Å². The first-order valence-corrected chi connectivity index (χ1v) is 11.7. The zero-order valence-corrected chi connectivity index (χ0v) is 20.7.